The molecule has 0 aliphatic heterocycles. The SMILES string of the molecule is NC(=O)c1cnc(Cc2cccnc2)s1. The molecule has 0 fully saturated rings. The van der Waals surface area contributed by atoms with Crippen molar-refractivity contribution in [2.75, 3.05) is 0 Å². The van der Waals surface area contributed by atoms with Gasteiger partial charge in [0.15, 0.2) is 0 Å². The maximum Gasteiger partial charge on any atom is 0.260 e. The van der Waals surface area contributed by atoms with E-state index in [9.17, 15) is 4.79 Å². The molecule has 2 N–H and O–H groups in total. The molecule has 0 unspecified atom stereocenters. The minimum Gasteiger partial charge on any atom is -0.365 e. The summed E-state index contributed by atoms with van der Waals surface area (Å²) in [7, 11) is 0. The predicted molar refractivity (Wildman–Crippen MR) is 57.7 cm³/mol. The third-order valence-electron chi connectivity index (χ3n) is 1.87. The van der Waals surface area contributed by atoms with Crippen LogP contribution in [0.25, 0.3) is 0 Å². The Labute approximate surface area is 90.8 Å². The number of pyridine rings is 1. The molecule has 0 saturated heterocycles. The van der Waals surface area contributed by atoms with Crippen LogP contribution < -0.4 is 5.73 Å². The Bertz CT molecular complexity index is 467. The smallest absolute Gasteiger partial charge is 0.260 e. The van der Waals surface area contributed by atoms with Gasteiger partial charge in [0.1, 0.15) is 4.88 Å². The van der Waals surface area contributed by atoms with Crippen molar-refractivity contribution in [1.82, 2.24) is 9.97 Å². The second-order valence-electron chi connectivity index (χ2n) is 3.02. The van der Waals surface area contributed by atoms with Crippen molar-refractivity contribution in [1.29, 1.82) is 0 Å². The van der Waals surface area contributed by atoms with E-state index in [1.54, 1.807) is 12.4 Å². The van der Waals surface area contributed by atoms with E-state index in [1.165, 1.54) is 17.5 Å². The lowest BCUT2D eigenvalue weighted by molar-refractivity contribution is 0.100. The van der Waals surface area contributed by atoms with Gasteiger partial charge in [-0.2, -0.15) is 0 Å². The number of rotatable bonds is 3. The Balaban J connectivity index is 2.15. The molecule has 0 aliphatic rings. The Kier molecular flexibility index (Phi) is 2.73. The summed E-state index contributed by atoms with van der Waals surface area (Å²) < 4.78 is 0. The highest BCUT2D eigenvalue weighted by Crippen LogP contribution is 2.15. The van der Waals surface area contributed by atoms with Gasteiger partial charge in [-0.3, -0.25) is 9.78 Å². The maximum absolute atomic E-state index is 10.8. The lowest BCUT2D eigenvalue weighted by atomic mass is 10.2. The van der Waals surface area contributed by atoms with Gasteiger partial charge in [-0.25, -0.2) is 4.98 Å². The van der Waals surface area contributed by atoms with Crippen LogP contribution in [-0.2, 0) is 6.42 Å². The fourth-order valence-electron chi connectivity index (χ4n) is 1.18. The number of thiazole rings is 1. The van der Waals surface area contributed by atoms with Crippen molar-refractivity contribution in [3.05, 3.63) is 46.2 Å². The van der Waals surface area contributed by atoms with Crippen LogP contribution >= 0.6 is 11.3 Å². The lowest BCUT2D eigenvalue weighted by Gasteiger charge is -1.94. The second-order valence-corrected chi connectivity index (χ2v) is 4.14. The average molecular weight is 219 g/mol. The molecule has 0 spiro atoms. The van der Waals surface area contributed by atoms with E-state index < -0.39 is 5.91 Å². The van der Waals surface area contributed by atoms with Gasteiger partial charge in [-0.1, -0.05) is 6.07 Å². The van der Waals surface area contributed by atoms with E-state index >= 15 is 0 Å². The van der Waals surface area contributed by atoms with E-state index in [1.807, 2.05) is 12.1 Å². The van der Waals surface area contributed by atoms with Gasteiger partial charge in [-0.05, 0) is 11.6 Å². The molecule has 1 amide bonds. The summed E-state index contributed by atoms with van der Waals surface area (Å²) in [5.41, 5.74) is 6.21. The molecule has 0 aromatic carbocycles. The topological polar surface area (TPSA) is 68.9 Å². The summed E-state index contributed by atoms with van der Waals surface area (Å²) in [5, 5.41) is 0.872. The number of amides is 1. The van der Waals surface area contributed by atoms with E-state index in [0.717, 1.165) is 10.6 Å². The zero-order valence-electron chi connectivity index (χ0n) is 7.88. The average Bonchev–Trinajstić information content (AvgIpc) is 2.68. The van der Waals surface area contributed by atoms with Crippen molar-refractivity contribution in [2.45, 2.75) is 6.42 Å². The summed E-state index contributed by atoms with van der Waals surface area (Å²) in [5.74, 6) is -0.426. The van der Waals surface area contributed by atoms with Crippen LogP contribution in [0, 0.1) is 0 Å². The number of primary amides is 1. The van der Waals surface area contributed by atoms with Crippen LogP contribution in [0.1, 0.15) is 20.2 Å². The largest absolute Gasteiger partial charge is 0.365 e. The van der Waals surface area contributed by atoms with Gasteiger partial charge >= 0.3 is 0 Å². The van der Waals surface area contributed by atoms with Crippen LogP contribution in [0.4, 0.5) is 0 Å². The van der Waals surface area contributed by atoms with E-state index in [4.69, 9.17) is 5.73 Å². The molecule has 0 radical (unpaired) electrons. The molecule has 76 valence electrons. The second kappa shape index (κ2) is 4.18. The van der Waals surface area contributed by atoms with Gasteiger partial charge in [0.2, 0.25) is 0 Å². The molecule has 2 aromatic heterocycles. The first-order valence-corrected chi connectivity index (χ1v) is 5.21. The Morgan fingerprint density at radius 2 is 2.33 bits per heavy atom. The number of nitrogens with two attached hydrogens (primary N) is 1. The van der Waals surface area contributed by atoms with E-state index in [2.05, 4.69) is 9.97 Å². The van der Waals surface area contributed by atoms with Crippen molar-refractivity contribution >= 4 is 17.2 Å². The highest BCUT2D eigenvalue weighted by atomic mass is 32.1. The Hall–Kier alpha value is -1.75. The molecule has 0 aliphatic carbocycles. The molecule has 0 bridgehead atoms. The quantitative estimate of drug-likeness (QED) is 0.844. The number of aromatic nitrogens is 2. The molecule has 4 nitrogen and oxygen atoms in total. The standard InChI is InChI=1S/C10H9N3OS/c11-10(14)8-6-13-9(15-8)4-7-2-1-3-12-5-7/h1-3,5-6H,4H2,(H2,11,14). The van der Waals surface area contributed by atoms with Gasteiger partial charge in [0, 0.05) is 18.8 Å². The molecule has 0 atom stereocenters. The van der Waals surface area contributed by atoms with Crippen LogP contribution in [-0.4, -0.2) is 15.9 Å². The molecule has 5 heteroatoms. The number of carbonyl (C=O) groups excluding carboxylic acids is 1. The fraction of sp³-hybridized carbons (Fsp3) is 0.100. The first kappa shape index (κ1) is 9.79. The third kappa shape index (κ3) is 2.38. The van der Waals surface area contributed by atoms with Crippen LogP contribution in [0.15, 0.2) is 30.7 Å². The number of carbonyl (C=O) groups is 1. The van der Waals surface area contributed by atoms with Gasteiger partial charge < -0.3 is 5.73 Å². The van der Waals surface area contributed by atoms with Crippen LogP contribution in [0.5, 0.6) is 0 Å². The Morgan fingerprint density at radius 1 is 1.47 bits per heavy atom. The molecule has 2 aromatic rings. The normalized spacial score (nSPS) is 10.1. The summed E-state index contributed by atoms with van der Waals surface area (Å²) in [6.07, 6.45) is 5.70. The Morgan fingerprint density at radius 3 is 2.93 bits per heavy atom. The summed E-state index contributed by atoms with van der Waals surface area (Å²) in [6.45, 7) is 0. The zero-order valence-corrected chi connectivity index (χ0v) is 8.70. The van der Waals surface area contributed by atoms with Crippen molar-refractivity contribution in [2.24, 2.45) is 5.73 Å². The highest BCUT2D eigenvalue weighted by Gasteiger charge is 2.06. The lowest BCUT2D eigenvalue weighted by Crippen LogP contribution is -2.08. The van der Waals surface area contributed by atoms with E-state index in [-0.39, 0.29) is 0 Å². The van der Waals surface area contributed by atoms with E-state index in [0.29, 0.717) is 11.3 Å². The molecular formula is C10H9N3OS. The number of hydrogen-bond donors (Lipinski definition) is 1. The highest BCUT2D eigenvalue weighted by molar-refractivity contribution is 7.13. The van der Waals surface area contributed by atoms with Gasteiger partial charge in [0.25, 0.3) is 5.91 Å². The van der Waals surface area contributed by atoms with Crippen molar-refractivity contribution in [3.8, 4) is 0 Å². The molecule has 15 heavy (non-hydrogen) atoms. The molecule has 2 heterocycles. The summed E-state index contributed by atoms with van der Waals surface area (Å²) in [6, 6.07) is 3.84. The van der Waals surface area contributed by atoms with Crippen LogP contribution in [0.2, 0.25) is 0 Å². The monoisotopic (exact) mass is 219 g/mol. The first-order chi connectivity index (χ1) is 7.25. The van der Waals surface area contributed by atoms with Gasteiger partial charge in [0.05, 0.1) is 11.2 Å². The van der Waals surface area contributed by atoms with Crippen molar-refractivity contribution < 1.29 is 4.79 Å². The fourth-order valence-corrected chi connectivity index (χ4v) is 1.99. The number of nitrogens with zero attached hydrogens (tertiary/aromatic N) is 2. The van der Waals surface area contributed by atoms with Crippen molar-refractivity contribution in [3.63, 3.8) is 0 Å². The minimum atomic E-state index is -0.426. The molecule has 0 saturated carbocycles. The van der Waals surface area contributed by atoms with Crippen LogP contribution in [0.3, 0.4) is 0 Å². The summed E-state index contributed by atoms with van der Waals surface area (Å²) >= 11 is 1.32. The van der Waals surface area contributed by atoms with Gasteiger partial charge in [-0.15, -0.1) is 11.3 Å². The molecular weight excluding hydrogens is 210 g/mol. The third-order valence-corrected chi connectivity index (χ3v) is 2.89. The predicted octanol–water partition coefficient (Wildman–Crippen LogP) is 1.23. The molecule has 2 rings (SSSR count). The minimum absolute atomic E-state index is 0.426. The zero-order chi connectivity index (χ0) is 10.7. The summed E-state index contributed by atoms with van der Waals surface area (Å²) in [4.78, 5) is 19.5. The first-order valence-electron chi connectivity index (χ1n) is 4.39. The number of hydrogen-bond acceptors (Lipinski definition) is 4. The maximum atomic E-state index is 10.8.